The number of aromatic nitrogens is 2. The normalized spacial score (nSPS) is 11.1. The Morgan fingerprint density at radius 1 is 0.373 bits per heavy atom. The molecule has 51 heavy (non-hydrogen) atoms. The van der Waals surface area contributed by atoms with Crippen molar-refractivity contribution in [2.45, 2.75) is 0 Å². The molecule has 0 amide bonds. The van der Waals surface area contributed by atoms with E-state index in [2.05, 4.69) is 0 Å². The summed E-state index contributed by atoms with van der Waals surface area (Å²) in [4.78, 5) is 12.2. The number of para-hydroxylation sites is 1. The Kier molecular flexibility index (Phi) is 8.30. The molecule has 0 spiro atoms. The minimum atomic E-state index is -0.685. The van der Waals surface area contributed by atoms with Gasteiger partial charge in [0.15, 0.2) is 5.82 Å². The van der Waals surface area contributed by atoms with E-state index in [1.165, 1.54) is 24.3 Å². The molecule has 8 rings (SSSR count). The van der Waals surface area contributed by atoms with Crippen molar-refractivity contribution in [2.24, 2.45) is 0 Å². The van der Waals surface area contributed by atoms with Gasteiger partial charge in [0, 0.05) is 40.0 Å². The van der Waals surface area contributed by atoms with Gasteiger partial charge in [-0.25, -0.2) is 27.5 Å². The van der Waals surface area contributed by atoms with Gasteiger partial charge in [-0.2, -0.15) is 0 Å². The summed E-state index contributed by atoms with van der Waals surface area (Å²) in [6, 6.07) is 47.0. The van der Waals surface area contributed by atoms with Gasteiger partial charge in [0.25, 0.3) is 0 Å². The lowest BCUT2D eigenvalue weighted by molar-refractivity contribution is 0.583. The summed E-state index contributed by atoms with van der Waals surface area (Å²) in [6.07, 6.45) is 0. The molecule has 0 aliphatic heterocycles. The van der Waals surface area contributed by atoms with Crippen LogP contribution >= 0.6 is 0 Å². The van der Waals surface area contributed by atoms with E-state index in [1.807, 2.05) is 120 Å². The molecule has 0 saturated carbocycles. The molecule has 0 bridgehead atoms. The Morgan fingerprint density at radius 2 is 0.843 bits per heavy atom. The summed E-state index contributed by atoms with van der Waals surface area (Å²) in [5, 5.41) is 0.801. The third kappa shape index (κ3) is 6.45. The first-order valence-electron chi connectivity index (χ1n) is 16.2. The average Bonchev–Trinajstić information content (AvgIpc) is 3.15. The van der Waals surface area contributed by atoms with Gasteiger partial charge in [0.05, 0.1) is 16.9 Å². The lowest BCUT2D eigenvalue weighted by Crippen LogP contribution is -2.12. The van der Waals surface area contributed by atoms with Crippen molar-refractivity contribution in [1.29, 1.82) is 0 Å². The molecule has 3 nitrogen and oxygen atoms in total. The first kappa shape index (κ1) is 31.7. The highest BCUT2D eigenvalue weighted by Crippen LogP contribution is 2.43. The summed E-state index contributed by atoms with van der Waals surface area (Å²) in [5.74, 6) is -2.21. The number of fused-ring (bicyclic) bond motifs is 1. The molecule has 1 heterocycles. The molecule has 246 valence electrons. The number of rotatable bonds is 7. The zero-order valence-corrected chi connectivity index (χ0v) is 26.9. The van der Waals surface area contributed by atoms with Crippen LogP contribution in [0.1, 0.15) is 0 Å². The van der Waals surface area contributed by atoms with E-state index in [4.69, 9.17) is 9.97 Å². The molecule has 0 fully saturated rings. The van der Waals surface area contributed by atoms with Gasteiger partial charge in [-0.15, -0.1) is 0 Å². The molecule has 7 heteroatoms. The molecule has 0 radical (unpaired) electrons. The van der Waals surface area contributed by atoms with E-state index < -0.39 is 23.3 Å². The number of hydrogen-bond donors (Lipinski definition) is 0. The Morgan fingerprint density at radius 3 is 1.37 bits per heavy atom. The van der Waals surface area contributed by atoms with E-state index in [1.54, 1.807) is 12.1 Å². The average molecular weight is 674 g/mol. The summed E-state index contributed by atoms with van der Waals surface area (Å²) >= 11 is 0. The predicted molar refractivity (Wildman–Crippen MR) is 196 cm³/mol. The number of benzene rings is 7. The Hall–Kier alpha value is -6.60. The number of anilines is 3. The maximum absolute atomic E-state index is 14.4. The molecule has 0 atom stereocenters. The smallest absolute Gasteiger partial charge is 0.160 e. The van der Waals surface area contributed by atoms with Crippen molar-refractivity contribution in [1.82, 2.24) is 9.97 Å². The lowest BCUT2D eigenvalue weighted by Gasteiger charge is -2.28. The van der Waals surface area contributed by atoms with Crippen LogP contribution in [0, 0.1) is 23.3 Å². The van der Waals surface area contributed by atoms with Crippen LogP contribution in [0.3, 0.4) is 0 Å². The van der Waals surface area contributed by atoms with E-state index in [0.717, 1.165) is 34.3 Å². The molecule has 7 aromatic carbocycles. The van der Waals surface area contributed by atoms with Crippen LogP contribution in [0.2, 0.25) is 0 Å². The summed E-state index contributed by atoms with van der Waals surface area (Å²) in [5.41, 5.74) is 7.07. The van der Waals surface area contributed by atoms with Crippen molar-refractivity contribution in [3.63, 3.8) is 0 Å². The fourth-order valence-electron chi connectivity index (χ4n) is 6.37. The fourth-order valence-corrected chi connectivity index (χ4v) is 6.37. The van der Waals surface area contributed by atoms with Gasteiger partial charge in [0.2, 0.25) is 0 Å². The second-order valence-electron chi connectivity index (χ2n) is 12.1. The van der Waals surface area contributed by atoms with Crippen molar-refractivity contribution >= 4 is 28.0 Å². The van der Waals surface area contributed by atoms with Crippen LogP contribution in [0.4, 0.5) is 34.6 Å². The summed E-state index contributed by atoms with van der Waals surface area (Å²) in [6.45, 7) is 0. The van der Waals surface area contributed by atoms with E-state index in [0.29, 0.717) is 50.7 Å². The van der Waals surface area contributed by atoms with Crippen molar-refractivity contribution in [3.8, 4) is 44.9 Å². The first-order chi connectivity index (χ1) is 24.9. The zero-order valence-electron chi connectivity index (χ0n) is 26.9. The van der Waals surface area contributed by atoms with Gasteiger partial charge >= 0.3 is 0 Å². The predicted octanol–water partition coefficient (Wildman–Crippen LogP) is 12.3. The highest BCUT2D eigenvalue weighted by atomic mass is 19.1. The molecule has 0 unspecified atom stereocenters. The molecule has 0 saturated heterocycles. The number of halogens is 4. The molecule has 0 aliphatic rings. The molecular weight excluding hydrogens is 646 g/mol. The first-order valence-corrected chi connectivity index (χ1v) is 16.2. The second-order valence-corrected chi connectivity index (χ2v) is 12.1. The standard InChI is InChI=1S/C44H27F4N3/c45-34-20-32(21-35(46)26-34)30-14-7-16-38(24-30)51(39-17-8-15-31(25-39)33-22-36(47)27-37(48)23-33)41-19-9-18-40-42(28-10-3-1-4-11-28)49-44(50-43(40)41)29-12-5-2-6-13-29/h1-27H. The highest BCUT2D eigenvalue weighted by molar-refractivity contribution is 6.03. The third-order valence-electron chi connectivity index (χ3n) is 8.63. The van der Waals surface area contributed by atoms with Crippen LogP contribution in [0.5, 0.6) is 0 Å². The van der Waals surface area contributed by atoms with Gasteiger partial charge < -0.3 is 4.90 Å². The van der Waals surface area contributed by atoms with Gasteiger partial charge in [-0.1, -0.05) is 97.1 Å². The molecule has 8 aromatic rings. The number of hydrogen-bond acceptors (Lipinski definition) is 3. The Bertz CT molecular complexity index is 2400. The van der Waals surface area contributed by atoms with Crippen LogP contribution in [0.15, 0.2) is 164 Å². The lowest BCUT2D eigenvalue weighted by atomic mass is 10.0. The monoisotopic (exact) mass is 673 g/mol. The topological polar surface area (TPSA) is 29.0 Å². The third-order valence-corrected chi connectivity index (χ3v) is 8.63. The zero-order chi connectivity index (χ0) is 34.9. The Labute approximate surface area is 291 Å². The maximum Gasteiger partial charge on any atom is 0.160 e. The molecule has 1 aromatic heterocycles. The van der Waals surface area contributed by atoms with Gasteiger partial charge in [-0.05, 0) is 76.9 Å². The summed E-state index contributed by atoms with van der Waals surface area (Å²) < 4.78 is 57.5. The number of nitrogens with zero attached hydrogens (tertiary/aromatic N) is 3. The van der Waals surface area contributed by atoms with Crippen molar-refractivity contribution in [2.75, 3.05) is 4.90 Å². The molecule has 0 N–H and O–H groups in total. The van der Waals surface area contributed by atoms with Crippen LogP contribution in [0.25, 0.3) is 55.8 Å². The van der Waals surface area contributed by atoms with Crippen molar-refractivity contribution < 1.29 is 17.6 Å². The fraction of sp³-hybridized carbons (Fsp3) is 0. The summed E-state index contributed by atoms with van der Waals surface area (Å²) in [7, 11) is 0. The minimum absolute atomic E-state index is 0.372. The van der Waals surface area contributed by atoms with E-state index >= 15 is 0 Å². The van der Waals surface area contributed by atoms with Crippen LogP contribution in [-0.4, -0.2) is 9.97 Å². The van der Waals surface area contributed by atoms with Gasteiger partial charge in [0.1, 0.15) is 23.3 Å². The van der Waals surface area contributed by atoms with Crippen molar-refractivity contribution in [3.05, 3.63) is 187 Å². The van der Waals surface area contributed by atoms with E-state index in [-0.39, 0.29) is 0 Å². The van der Waals surface area contributed by atoms with Crippen LogP contribution < -0.4 is 4.90 Å². The highest BCUT2D eigenvalue weighted by Gasteiger charge is 2.21. The molecule has 0 aliphatic carbocycles. The molecular formula is C44H27F4N3. The Balaban J connectivity index is 1.40. The maximum atomic E-state index is 14.4. The van der Waals surface area contributed by atoms with E-state index in [9.17, 15) is 17.6 Å². The van der Waals surface area contributed by atoms with Gasteiger partial charge in [-0.3, -0.25) is 0 Å². The second kappa shape index (κ2) is 13.4. The quantitative estimate of drug-likeness (QED) is 0.158. The van der Waals surface area contributed by atoms with Crippen LogP contribution in [-0.2, 0) is 0 Å². The largest absolute Gasteiger partial charge is 0.308 e. The SMILES string of the molecule is Fc1cc(F)cc(-c2cccc(N(c3cccc(-c4cc(F)cc(F)c4)c3)c3cccc4c(-c5ccccc5)nc(-c5ccccc5)nc34)c2)c1. The minimum Gasteiger partial charge on any atom is -0.308 e.